The molecule has 2 aromatic rings. The molecule has 1 atom stereocenters. The SMILES string of the molecule is CCNC(c1ccc(C)c(Cl)c1)c1ncccc1F. The van der Waals surface area contributed by atoms with Gasteiger partial charge >= 0.3 is 0 Å². The van der Waals surface area contributed by atoms with Crippen LogP contribution in [-0.4, -0.2) is 11.5 Å². The molecule has 2 rings (SSSR count). The Morgan fingerprint density at radius 1 is 1.37 bits per heavy atom. The predicted molar refractivity (Wildman–Crippen MR) is 75.9 cm³/mol. The number of nitrogens with zero attached hydrogens (tertiary/aromatic N) is 1. The van der Waals surface area contributed by atoms with Gasteiger partial charge < -0.3 is 5.32 Å². The monoisotopic (exact) mass is 278 g/mol. The summed E-state index contributed by atoms with van der Waals surface area (Å²) < 4.78 is 13.9. The zero-order valence-electron chi connectivity index (χ0n) is 11.0. The van der Waals surface area contributed by atoms with E-state index in [1.54, 1.807) is 12.3 Å². The van der Waals surface area contributed by atoms with Crippen molar-refractivity contribution in [2.24, 2.45) is 0 Å². The van der Waals surface area contributed by atoms with Gasteiger partial charge in [0.15, 0.2) is 0 Å². The van der Waals surface area contributed by atoms with Crippen LogP contribution in [0, 0.1) is 12.7 Å². The summed E-state index contributed by atoms with van der Waals surface area (Å²) >= 11 is 6.14. The number of benzene rings is 1. The number of aromatic nitrogens is 1. The van der Waals surface area contributed by atoms with Crippen molar-refractivity contribution in [1.29, 1.82) is 0 Å². The van der Waals surface area contributed by atoms with Crippen molar-refractivity contribution in [1.82, 2.24) is 10.3 Å². The molecule has 19 heavy (non-hydrogen) atoms. The highest BCUT2D eigenvalue weighted by molar-refractivity contribution is 6.31. The van der Waals surface area contributed by atoms with Crippen molar-refractivity contribution in [2.75, 3.05) is 6.54 Å². The zero-order chi connectivity index (χ0) is 13.8. The first-order valence-electron chi connectivity index (χ1n) is 6.23. The van der Waals surface area contributed by atoms with Crippen molar-refractivity contribution in [3.05, 3.63) is 64.2 Å². The highest BCUT2D eigenvalue weighted by Crippen LogP contribution is 2.26. The van der Waals surface area contributed by atoms with Crippen LogP contribution in [0.4, 0.5) is 4.39 Å². The molecule has 1 aromatic carbocycles. The summed E-state index contributed by atoms with van der Waals surface area (Å²) in [6, 6.07) is 8.46. The van der Waals surface area contributed by atoms with E-state index in [0.29, 0.717) is 17.3 Å². The smallest absolute Gasteiger partial charge is 0.146 e. The van der Waals surface area contributed by atoms with Crippen LogP contribution >= 0.6 is 11.6 Å². The number of nitrogens with one attached hydrogen (secondary N) is 1. The fourth-order valence-corrected chi connectivity index (χ4v) is 2.16. The number of rotatable bonds is 4. The first-order valence-corrected chi connectivity index (χ1v) is 6.61. The van der Waals surface area contributed by atoms with E-state index < -0.39 is 0 Å². The Kier molecular flexibility index (Phi) is 4.51. The van der Waals surface area contributed by atoms with E-state index >= 15 is 0 Å². The van der Waals surface area contributed by atoms with Gasteiger partial charge in [-0.05, 0) is 42.8 Å². The first-order chi connectivity index (χ1) is 9.13. The summed E-state index contributed by atoms with van der Waals surface area (Å²) in [7, 11) is 0. The van der Waals surface area contributed by atoms with E-state index in [4.69, 9.17) is 11.6 Å². The van der Waals surface area contributed by atoms with Crippen LogP contribution in [0.5, 0.6) is 0 Å². The van der Waals surface area contributed by atoms with Crippen molar-refractivity contribution in [3.63, 3.8) is 0 Å². The van der Waals surface area contributed by atoms with Crippen molar-refractivity contribution in [2.45, 2.75) is 19.9 Å². The van der Waals surface area contributed by atoms with Crippen LogP contribution in [0.1, 0.15) is 29.8 Å². The van der Waals surface area contributed by atoms with Gasteiger partial charge in [-0.1, -0.05) is 30.7 Å². The van der Waals surface area contributed by atoms with Crippen LogP contribution < -0.4 is 5.32 Å². The maximum Gasteiger partial charge on any atom is 0.146 e. The molecular formula is C15H16ClFN2. The van der Waals surface area contributed by atoms with Gasteiger partial charge in [-0.15, -0.1) is 0 Å². The molecule has 0 radical (unpaired) electrons. The first kappa shape index (κ1) is 14.0. The number of aryl methyl sites for hydroxylation is 1. The summed E-state index contributed by atoms with van der Waals surface area (Å²) in [5, 5.41) is 3.92. The fraction of sp³-hybridized carbons (Fsp3) is 0.267. The van der Waals surface area contributed by atoms with Crippen LogP contribution in [-0.2, 0) is 0 Å². The molecule has 0 bridgehead atoms. The Bertz CT molecular complexity index is 572. The molecule has 0 saturated heterocycles. The van der Waals surface area contributed by atoms with Crippen molar-refractivity contribution >= 4 is 11.6 Å². The highest BCUT2D eigenvalue weighted by atomic mass is 35.5. The maximum atomic E-state index is 13.9. The van der Waals surface area contributed by atoms with Gasteiger partial charge in [-0.2, -0.15) is 0 Å². The van der Waals surface area contributed by atoms with E-state index in [-0.39, 0.29) is 11.9 Å². The second-order valence-electron chi connectivity index (χ2n) is 4.37. The molecule has 1 unspecified atom stereocenters. The van der Waals surface area contributed by atoms with E-state index in [1.807, 2.05) is 32.0 Å². The summed E-state index contributed by atoms with van der Waals surface area (Å²) in [5.41, 5.74) is 2.31. The lowest BCUT2D eigenvalue weighted by Gasteiger charge is -2.19. The summed E-state index contributed by atoms with van der Waals surface area (Å²) in [5.74, 6) is -0.315. The minimum atomic E-state index is -0.315. The normalized spacial score (nSPS) is 12.4. The Morgan fingerprint density at radius 2 is 2.16 bits per heavy atom. The summed E-state index contributed by atoms with van der Waals surface area (Å²) in [6.07, 6.45) is 1.60. The summed E-state index contributed by atoms with van der Waals surface area (Å²) in [4.78, 5) is 4.15. The largest absolute Gasteiger partial charge is 0.305 e. The standard InChI is InChI=1S/C15H16ClFN2/c1-3-18-14(15-13(17)5-4-8-19-15)11-7-6-10(2)12(16)9-11/h4-9,14,18H,3H2,1-2H3. The topological polar surface area (TPSA) is 24.9 Å². The minimum absolute atomic E-state index is 0.288. The van der Waals surface area contributed by atoms with E-state index in [2.05, 4.69) is 10.3 Å². The molecular weight excluding hydrogens is 263 g/mol. The summed E-state index contributed by atoms with van der Waals surface area (Å²) in [6.45, 7) is 4.63. The Hall–Kier alpha value is -1.45. The molecule has 0 aliphatic rings. The third-order valence-electron chi connectivity index (χ3n) is 3.00. The van der Waals surface area contributed by atoms with E-state index in [9.17, 15) is 4.39 Å². The fourth-order valence-electron chi connectivity index (χ4n) is 1.98. The molecule has 0 aliphatic heterocycles. The van der Waals surface area contributed by atoms with Crippen LogP contribution in [0.3, 0.4) is 0 Å². The lowest BCUT2D eigenvalue weighted by atomic mass is 10.0. The molecule has 100 valence electrons. The maximum absolute atomic E-state index is 13.9. The molecule has 0 aliphatic carbocycles. The lowest BCUT2D eigenvalue weighted by Crippen LogP contribution is -2.24. The minimum Gasteiger partial charge on any atom is -0.305 e. The van der Waals surface area contributed by atoms with Crippen molar-refractivity contribution < 1.29 is 4.39 Å². The third-order valence-corrected chi connectivity index (χ3v) is 3.41. The molecule has 1 aromatic heterocycles. The van der Waals surface area contributed by atoms with Gasteiger partial charge in [0.25, 0.3) is 0 Å². The molecule has 1 N–H and O–H groups in total. The van der Waals surface area contributed by atoms with Crippen LogP contribution in [0.25, 0.3) is 0 Å². The lowest BCUT2D eigenvalue weighted by molar-refractivity contribution is 0.543. The second-order valence-corrected chi connectivity index (χ2v) is 4.78. The number of pyridine rings is 1. The Morgan fingerprint density at radius 3 is 2.79 bits per heavy atom. The molecule has 0 amide bonds. The second kappa shape index (κ2) is 6.13. The quantitative estimate of drug-likeness (QED) is 0.918. The predicted octanol–water partition coefficient (Wildman–Crippen LogP) is 3.88. The van der Waals surface area contributed by atoms with Gasteiger partial charge in [0.05, 0.1) is 11.7 Å². The average molecular weight is 279 g/mol. The molecule has 2 nitrogen and oxygen atoms in total. The molecule has 0 fully saturated rings. The average Bonchev–Trinajstić information content (AvgIpc) is 2.40. The molecule has 1 heterocycles. The Balaban J connectivity index is 2.45. The van der Waals surface area contributed by atoms with E-state index in [0.717, 1.165) is 11.1 Å². The molecule has 0 saturated carbocycles. The van der Waals surface area contributed by atoms with Gasteiger partial charge in [0.1, 0.15) is 5.82 Å². The zero-order valence-corrected chi connectivity index (χ0v) is 11.7. The number of hydrogen-bond donors (Lipinski definition) is 1. The number of halogens is 2. The molecule has 0 spiro atoms. The highest BCUT2D eigenvalue weighted by Gasteiger charge is 2.18. The van der Waals surface area contributed by atoms with Crippen LogP contribution in [0.2, 0.25) is 5.02 Å². The van der Waals surface area contributed by atoms with E-state index in [1.165, 1.54) is 6.07 Å². The third kappa shape index (κ3) is 3.11. The number of hydrogen-bond acceptors (Lipinski definition) is 2. The van der Waals surface area contributed by atoms with Crippen LogP contribution in [0.15, 0.2) is 36.5 Å². The van der Waals surface area contributed by atoms with Crippen molar-refractivity contribution in [3.8, 4) is 0 Å². The Labute approximate surface area is 117 Å². The molecule has 4 heteroatoms. The van der Waals surface area contributed by atoms with Gasteiger partial charge in [-0.25, -0.2) is 4.39 Å². The van der Waals surface area contributed by atoms with Gasteiger partial charge in [-0.3, -0.25) is 4.98 Å². The van der Waals surface area contributed by atoms with Gasteiger partial charge in [0.2, 0.25) is 0 Å². The van der Waals surface area contributed by atoms with Gasteiger partial charge in [0, 0.05) is 11.2 Å².